The van der Waals surface area contributed by atoms with Gasteiger partial charge in [-0.1, -0.05) is 0 Å². The molecule has 3 N–H and O–H groups in total. The van der Waals surface area contributed by atoms with Crippen LogP contribution >= 0.6 is 11.3 Å². The van der Waals surface area contributed by atoms with Gasteiger partial charge in [0, 0.05) is 13.1 Å². The summed E-state index contributed by atoms with van der Waals surface area (Å²) >= 11 is 1.09. The number of rotatable bonds is 3. The summed E-state index contributed by atoms with van der Waals surface area (Å²) in [6.07, 6.45) is 1.05. The van der Waals surface area contributed by atoms with Crippen LogP contribution in [0.1, 0.15) is 32.9 Å². The lowest BCUT2D eigenvalue weighted by Gasteiger charge is -2.31. The summed E-state index contributed by atoms with van der Waals surface area (Å²) in [5, 5.41) is 10.3. The molecule has 1 unspecified atom stereocenters. The Morgan fingerprint density at radius 1 is 1.33 bits per heavy atom. The Labute approximate surface area is 126 Å². The molecule has 1 saturated heterocycles. The van der Waals surface area contributed by atoms with Crippen LogP contribution in [0, 0.1) is 0 Å². The minimum Gasteiger partial charge on any atom is -0.465 e. The number of hydrogen-bond acceptors (Lipinski definition) is 8. The van der Waals surface area contributed by atoms with Gasteiger partial charge in [-0.25, -0.2) is 9.59 Å². The smallest absolute Gasteiger partial charge is 0.350 e. The van der Waals surface area contributed by atoms with Gasteiger partial charge in [0.2, 0.25) is 0 Å². The molecule has 0 aliphatic carbocycles. The van der Waals surface area contributed by atoms with E-state index < -0.39 is 18.0 Å². The number of hydrogen-bond donors (Lipinski definition) is 2. The summed E-state index contributed by atoms with van der Waals surface area (Å²) in [6.45, 7) is 1.08. The summed E-state index contributed by atoms with van der Waals surface area (Å²) in [5.41, 5.74) is 6.15. The van der Waals surface area contributed by atoms with E-state index in [-0.39, 0.29) is 16.1 Å². The van der Waals surface area contributed by atoms with Gasteiger partial charge in [0.15, 0.2) is 0 Å². The first-order valence-corrected chi connectivity index (χ1v) is 7.33. The van der Waals surface area contributed by atoms with E-state index >= 15 is 0 Å². The number of aliphatic hydroxyl groups excluding tert-OH is 1. The van der Waals surface area contributed by atoms with E-state index in [4.69, 9.17) is 10.5 Å². The Morgan fingerprint density at radius 3 is 2.57 bits per heavy atom. The molecule has 0 saturated carbocycles. The van der Waals surface area contributed by atoms with E-state index in [2.05, 4.69) is 4.74 Å². The Morgan fingerprint density at radius 2 is 2.00 bits per heavy atom. The fourth-order valence-electron chi connectivity index (χ4n) is 2.34. The summed E-state index contributed by atoms with van der Waals surface area (Å²) < 4.78 is 9.43. The van der Waals surface area contributed by atoms with Crippen molar-refractivity contribution in [3.05, 3.63) is 10.4 Å². The van der Waals surface area contributed by atoms with Gasteiger partial charge in [0.05, 0.1) is 26.0 Å². The number of anilines is 2. The Kier molecular flexibility index (Phi) is 4.69. The van der Waals surface area contributed by atoms with Crippen molar-refractivity contribution in [1.82, 2.24) is 0 Å². The molecule has 1 aromatic rings. The zero-order valence-electron chi connectivity index (χ0n) is 11.9. The molecule has 2 rings (SSSR count). The monoisotopic (exact) mass is 314 g/mol. The van der Waals surface area contributed by atoms with Crippen LogP contribution in [0.2, 0.25) is 0 Å². The highest BCUT2D eigenvalue weighted by Crippen LogP contribution is 2.40. The molecule has 1 aromatic heterocycles. The predicted octanol–water partition coefficient (Wildman–Crippen LogP) is 0.865. The highest BCUT2D eigenvalue weighted by molar-refractivity contribution is 7.19. The lowest BCUT2D eigenvalue weighted by Crippen LogP contribution is -2.38. The number of carbonyl (C=O) groups is 2. The van der Waals surface area contributed by atoms with Crippen LogP contribution in [0.15, 0.2) is 0 Å². The second-order valence-electron chi connectivity index (χ2n) is 4.75. The van der Waals surface area contributed by atoms with E-state index in [1.807, 2.05) is 4.90 Å². The minimum absolute atomic E-state index is 0.0637. The number of aliphatic hydroxyl groups is 1. The molecule has 0 aromatic carbocycles. The van der Waals surface area contributed by atoms with E-state index in [0.717, 1.165) is 24.2 Å². The van der Waals surface area contributed by atoms with E-state index in [1.165, 1.54) is 14.2 Å². The van der Waals surface area contributed by atoms with Gasteiger partial charge >= 0.3 is 11.9 Å². The average Bonchev–Trinajstić information content (AvgIpc) is 2.83. The largest absolute Gasteiger partial charge is 0.465 e. The number of thiophene rings is 1. The number of methoxy groups -OCH3 is 2. The molecule has 2 heterocycles. The van der Waals surface area contributed by atoms with Crippen molar-refractivity contribution < 1.29 is 24.2 Å². The maximum absolute atomic E-state index is 12.0. The van der Waals surface area contributed by atoms with Gasteiger partial charge in [-0.2, -0.15) is 0 Å². The van der Waals surface area contributed by atoms with E-state index in [1.54, 1.807) is 0 Å². The van der Waals surface area contributed by atoms with Crippen LogP contribution in [0.3, 0.4) is 0 Å². The highest BCUT2D eigenvalue weighted by atomic mass is 32.1. The molecular weight excluding hydrogens is 296 g/mol. The van der Waals surface area contributed by atoms with Gasteiger partial charge in [-0.3, -0.25) is 0 Å². The molecule has 116 valence electrons. The van der Waals surface area contributed by atoms with Crippen molar-refractivity contribution in [2.75, 3.05) is 37.9 Å². The molecule has 0 radical (unpaired) electrons. The summed E-state index contributed by atoms with van der Waals surface area (Å²) in [5.74, 6) is -1.19. The van der Waals surface area contributed by atoms with Crippen LogP contribution in [0.4, 0.5) is 10.7 Å². The average molecular weight is 314 g/mol. The third kappa shape index (κ3) is 2.96. The number of ether oxygens (including phenoxy) is 2. The maximum Gasteiger partial charge on any atom is 0.350 e. The van der Waals surface area contributed by atoms with E-state index in [9.17, 15) is 14.7 Å². The molecular formula is C13H18N2O5S. The summed E-state index contributed by atoms with van der Waals surface area (Å²) in [7, 11) is 2.51. The number of nitrogen functional groups attached to an aromatic ring is 1. The molecule has 0 spiro atoms. The van der Waals surface area contributed by atoms with Gasteiger partial charge in [-0.15, -0.1) is 11.3 Å². The Hall–Kier alpha value is -1.80. The quantitative estimate of drug-likeness (QED) is 0.798. The Balaban J connectivity index is 2.47. The standard InChI is InChI=1S/C13H18N2O5S/c1-19-12(17)8-9(14)10(13(18)20-2)21-11(8)15-5-3-4-7(16)6-15/h7,16H,3-6,14H2,1-2H3. The van der Waals surface area contributed by atoms with Gasteiger partial charge in [0.25, 0.3) is 0 Å². The van der Waals surface area contributed by atoms with Crippen molar-refractivity contribution in [3.63, 3.8) is 0 Å². The van der Waals surface area contributed by atoms with Crippen molar-refractivity contribution in [1.29, 1.82) is 0 Å². The molecule has 7 nitrogen and oxygen atoms in total. The first-order chi connectivity index (χ1) is 9.99. The number of nitrogens with zero attached hydrogens (tertiary/aromatic N) is 1. The lowest BCUT2D eigenvalue weighted by molar-refractivity contribution is 0.0602. The summed E-state index contributed by atoms with van der Waals surface area (Å²) in [4.78, 5) is 25.7. The molecule has 0 bridgehead atoms. The fraction of sp³-hybridized carbons (Fsp3) is 0.538. The number of esters is 2. The molecule has 1 atom stereocenters. The molecule has 8 heteroatoms. The topological polar surface area (TPSA) is 102 Å². The van der Waals surface area contributed by atoms with Crippen molar-refractivity contribution in [3.8, 4) is 0 Å². The van der Waals surface area contributed by atoms with E-state index in [0.29, 0.717) is 18.1 Å². The maximum atomic E-state index is 12.0. The molecule has 1 aliphatic rings. The van der Waals surface area contributed by atoms with Crippen LogP contribution < -0.4 is 10.6 Å². The number of piperidine rings is 1. The van der Waals surface area contributed by atoms with Crippen LogP contribution in [-0.2, 0) is 9.47 Å². The first-order valence-electron chi connectivity index (χ1n) is 6.51. The van der Waals surface area contributed by atoms with Gasteiger partial charge in [0.1, 0.15) is 15.4 Å². The third-order valence-electron chi connectivity index (χ3n) is 3.37. The van der Waals surface area contributed by atoms with Gasteiger partial charge < -0.3 is 25.2 Å². The second kappa shape index (κ2) is 6.31. The number of carbonyl (C=O) groups excluding carboxylic acids is 2. The Bertz CT molecular complexity index is 557. The first kappa shape index (κ1) is 15.6. The second-order valence-corrected chi connectivity index (χ2v) is 5.75. The zero-order chi connectivity index (χ0) is 15.6. The highest BCUT2D eigenvalue weighted by Gasteiger charge is 2.31. The van der Waals surface area contributed by atoms with Crippen LogP contribution in [-0.4, -0.2) is 50.5 Å². The predicted molar refractivity (Wildman–Crippen MR) is 78.9 cm³/mol. The molecule has 1 fully saturated rings. The normalized spacial score (nSPS) is 18.4. The summed E-state index contributed by atoms with van der Waals surface area (Å²) in [6, 6.07) is 0. The van der Waals surface area contributed by atoms with Crippen molar-refractivity contribution >= 4 is 34.0 Å². The minimum atomic E-state index is -0.603. The lowest BCUT2D eigenvalue weighted by atomic mass is 10.1. The van der Waals surface area contributed by atoms with Crippen LogP contribution in [0.5, 0.6) is 0 Å². The fourth-order valence-corrected chi connectivity index (χ4v) is 3.50. The van der Waals surface area contributed by atoms with Gasteiger partial charge in [-0.05, 0) is 12.8 Å². The van der Waals surface area contributed by atoms with Crippen molar-refractivity contribution in [2.24, 2.45) is 0 Å². The van der Waals surface area contributed by atoms with Crippen molar-refractivity contribution in [2.45, 2.75) is 18.9 Å². The molecule has 1 aliphatic heterocycles. The molecule has 0 amide bonds. The van der Waals surface area contributed by atoms with Crippen LogP contribution in [0.25, 0.3) is 0 Å². The molecule has 21 heavy (non-hydrogen) atoms. The third-order valence-corrected chi connectivity index (χ3v) is 4.62. The zero-order valence-corrected chi connectivity index (χ0v) is 12.7. The number of β-amino-alcohol motifs (C(OH)–C–C–N with tert-alkyl or cyclic N) is 1. The number of nitrogens with two attached hydrogens (primary N) is 1. The SMILES string of the molecule is COC(=O)c1sc(N2CCCC(O)C2)c(C(=O)OC)c1N.